The molecule has 0 heterocycles. The standard InChI is InChI=1S/C12H17NO4/c1-2-3-8-16-9-10-17-12-6-4-11(5-7-12)13(14)15/h4-7H,2-3,8-10H2,1H3. The van der Waals surface area contributed by atoms with Gasteiger partial charge in [-0.15, -0.1) is 0 Å². The Hall–Kier alpha value is -1.62. The van der Waals surface area contributed by atoms with E-state index in [1.165, 1.54) is 12.1 Å². The van der Waals surface area contributed by atoms with Crippen LogP contribution in [0, 0.1) is 10.1 Å². The lowest BCUT2D eigenvalue weighted by Crippen LogP contribution is -2.07. The predicted molar refractivity (Wildman–Crippen MR) is 64.3 cm³/mol. The van der Waals surface area contributed by atoms with Gasteiger partial charge in [0.25, 0.3) is 5.69 Å². The van der Waals surface area contributed by atoms with Crippen LogP contribution in [-0.4, -0.2) is 24.7 Å². The Labute approximate surface area is 101 Å². The van der Waals surface area contributed by atoms with E-state index in [1.54, 1.807) is 12.1 Å². The van der Waals surface area contributed by atoms with E-state index >= 15 is 0 Å². The van der Waals surface area contributed by atoms with Gasteiger partial charge in [0.15, 0.2) is 0 Å². The number of non-ortho nitro benzene ring substituents is 1. The highest BCUT2D eigenvalue weighted by atomic mass is 16.6. The minimum Gasteiger partial charge on any atom is -0.491 e. The van der Waals surface area contributed by atoms with Crippen molar-refractivity contribution in [2.75, 3.05) is 19.8 Å². The minimum atomic E-state index is -0.433. The molecular formula is C12H17NO4. The second-order valence-electron chi connectivity index (χ2n) is 3.57. The number of rotatable bonds is 8. The highest BCUT2D eigenvalue weighted by Gasteiger charge is 2.03. The molecule has 0 aliphatic rings. The number of ether oxygens (including phenoxy) is 2. The molecule has 0 radical (unpaired) electrons. The van der Waals surface area contributed by atoms with Crippen LogP contribution in [0.3, 0.4) is 0 Å². The van der Waals surface area contributed by atoms with E-state index in [1.807, 2.05) is 0 Å². The minimum absolute atomic E-state index is 0.0662. The lowest BCUT2D eigenvalue weighted by molar-refractivity contribution is -0.384. The van der Waals surface area contributed by atoms with Crippen molar-refractivity contribution in [3.05, 3.63) is 34.4 Å². The molecule has 1 aromatic rings. The number of nitrogens with zero attached hydrogens (tertiary/aromatic N) is 1. The van der Waals surface area contributed by atoms with Gasteiger partial charge in [0, 0.05) is 18.7 Å². The first kappa shape index (κ1) is 13.4. The highest BCUT2D eigenvalue weighted by Crippen LogP contribution is 2.16. The molecule has 0 aliphatic carbocycles. The van der Waals surface area contributed by atoms with Crippen LogP contribution in [0.1, 0.15) is 19.8 Å². The van der Waals surface area contributed by atoms with E-state index in [9.17, 15) is 10.1 Å². The molecule has 1 rings (SSSR count). The van der Waals surface area contributed by atoms with Gasteiger partial charge in [-0.05, 0) is 18.6 Å². The number of nitro benzene ring substituents is 1. The Bertz CT molecular complexity index is 337. The molecule has 1 aromatic carbocycles. The van der Waals surface area contributed by atoms with Crippen LogP contribution < -0.4 is 4.74 Å². The second kappa shape index (κ2) is 7.62. The zero-order valence-electron chi connectivity index (χ0n) is 9.93. The third-order valence-corrected chi connectivity index (χ3v) is 2.19. The maximum absolute atomic E-state index is 10.4. The Kier molecular flexibility index (Phi) is 6.03. The average molecular weight is 239 g/mol. The first-order chi connectivity index (χ1) is 8.24. The highest BCUT2D eigenvalue weighted by molar-refractivity contribution is 5.35. The number of hydrogen-bond acceptors (Lipinski definition) is 4. The van der Waals surface area contributed by atoms with Gasteiger partial charge in [0.1, 0.15) is 12.4 Å². The monoisotopic (exact) mass is 239 g/mol. The fourth-order valence-electron chi connectivity index (χ4n) is 1.23. The predicted octanol–water partition coefficient (Wildman–Crippen LogP) is 2.79. The summed E-state index contributed by atoms with van der Waals surface area (Å²) in [7, 11) is 0. The van der Waals surface area contributed by atoms with E-state index in [2.05, 4.69) is 6.92 Å². The molecule has 17 heavy (non-hydrogen) atoms. The van der Waals surface area contributed by atoms with Crippen LogP contribution >= 0.6 is 0 Å². The Morgan fingerprint density at radius 3 is 2.47 bits per heavy atom. The van der Waals surface area contributed by atoms with E-state index in [-0.39, 0.29) is 5.69 Å². The largest absolute Gasteiger partial charge is 0.491 e. The van der Waals surface area contributed by atoms with Gasteiger partial charge in [-0.3, -0.25) is 10.1 Å². The summed E-state index contributed by atoms with van der Waals surface area (Å²) in [6.07, 6.45) is 2.17. The van der Waals surface area contributed by atoms with E-state index in [4.69, 9.17) is 9.47 Å². The van der Waals surface area contributed by atoms with E-state index < -0.39 is 4.92 Å². The summed E-state index contributed by atoms with van der Waals surface area (Å²) >= 11 is 0. The molecule has 94 valence electrons. The molecule has 0 bridgehead atoms. The van der Waals surface area contributed by atoms with Crippen LogP contribution in [0.25, 0.3) is 0 Å². The number of unbranched alkanes of at least 4 members (excludes halogenated alkanes) is 1. The van der Waals surface area contributed by atoms with Crippen molar-refractivity contribution in [2.24, 2.45) is 0 Å². The van der Waals surface area contributed by atoms with Gasteiger partial charge < -0.3 is 9.47 Å². The molecule has 5 nitrogen and oxygen atoms in total. The first-order valence-electron chi connectivity index (χ1n) is 5.69. The van der Waals surface area contributed by atoms with Crippen molar-refractivity contribution in [1.82, 2.24) is 0 Å². The Balaban J connectivity index is 2.21. The normalized spacial score (nSPS) is 10.2. The van der Waals surface area contributed by atoms with Crippen molar-refractivity contribution in [1.29, 1.82) is 0 Å². The van der Waals surface area contributed by atoms with E-state index in [0.29, 0.717) is 19.0 Å². The summed E-state index contributed by atoms with van der Waals surface area (Å²) in [6.45, 7) is 3.86. The molecule has 0 aromatic heterocycles. The van der Waals surface area contributed by atoms with Crippen molar-refractivity contribution < 1.29 is 14.4 Å². The van der Waals surface area contributed by atoms with Crippen LogP contribution in [0.5, 0.6) is 5.75 Å². The van der Waals surface area contributed by atoms with Crippen molar-refractivity contribution in [2.45, 2.75) is 19.8 Å². The summed E-state index contributed by atoms with van der Waals surface area (Å²) < 4.78 is 10.7. The Morgan fingerprint density at radius 2 is 1.88 bits per heavy atom. The molecular weight excluding hydrogens is 222 g/mol. The summed E-state index contributed by atoms with van der Waals surface area (Å²) in [4.78, 5) is 9.98. The molecule has 0 amide bonds. The zero-order chi connectivity index (χ0) is 12.5. The van der Waals surface area contributed by atoms with Crippen molar-refractivity contribution >= 4 is 5.69 Å². The molecule has 0 N–H and O–H groups in total. The van der Waals surface area contributed by atoms with Crippen LogP contribution in [-0.2, 0) is 4.74 Å². The summed E-state index contributed by atoms with van der Waals surface area (Å²) in [5.41, 5.74) is 0.0662. The molecule has 0 atom stereocenters. The third kappa shape index (κ3) is 5.31. The maximum atomic E-state index is 10.4. The van der Waals surface area contributed by atoms with Crippen LogP contribution in [0.15, 0.2) is 24.3 Å². The number of nitro groups is 1. The van der Waals surface area contributed by atoms with Crippen molar-refractivity contribution in [3.63, 3.8) is 0 Å². The SMILES string of the molecule is CCCCOCCOc1ccc([N+](=O)[O-])cc1. The Morgan fingerprint density at radius 1 is 1.18 bits per heavy atom. The quantitative estimate of drug-likeness (QED) is 0.397. The molecule has 0 unspecified atom stereocenters. The van der Waals surface area contributed by atoms with E-state index in [0.717, 1.165) is 19.4 Å². The fourth-order valence-corrected chi connectivity index (χ4v) is 1.23. The average Bonchev–Trinajstić information content (AvgIpc) is 2.34. The van der Waals surface area contributed by atoms with Crippen molar-refractivity contribution in [3.8, 4) is 5.75 Å². The van der Waals surface area contributed by atoms with Gasteiger partial charge in [-0.2, -0.15) is 0 Å². The molecule has 5 heteroatoms. The van der Waals surface area contributed by atoms with Gasteiger partial charge in [-0.25, -0.2) is 0 Å². The van der Waals surface area contributed by atoms with Gasteiger partial charge in [0.05, 0.1) is 11.5 Å². The fraction of sp³-hybridized carbons (Fsp3) is 0.500. The van der Waals surface area contributed by atoms with Gasteiger partial charge >= 0.3 is 0 Å². The molecule has 0 spiro atoms. The molecule has 0 saturated carbocycles. The maximum Gasteiger partial charge on any atom is 0.269 e. The molecule has 0 saturated heterocycles. The summed E-state index contributed by atoms with van der Waals surface area (Å²) in [6, 6.07) is 6.02. The first-order valence-corrected chi connectivity index (χ1v) is 5.69. The van der Waals surface area contributed by atoms with Gasteiger partial charge in [-0.1, -0.05) is 13.3 Å². The molecule has 0 aliphatic heterocycles. The topological polar surface area (TPSA) is 61.6 Å². The lowest BCUT2D eigenvalue weighted by Gasteiger charge is -2.06. The smallest absolute Gasteiger partial charge is 0.269 e. The number of benzene rings is 1. The zero-order valence-corrected chi connectivity index (χ0v) is 9.93. The van der Waals surface area contributed by atoms with Crippen LogP contribution in [0.2, 0.25) is 0 Å². The number of hydrogen-bond donors (Lipinski definition) is 0. The van der Waals surface area contributed by atoms with Crippen LogP contribution in [0.4, 0.5) is 5.69 Å². The summed E-state index contributed by atoms with van der Waals surface area (Å²) in [5, 5.41) is 10.4. The van der Waals surface area contributed by atoms with Gasteiger partial charge in [0.2, 0.25) is 0 Å². The lowest BCUT2D eigenvalue weighted by atomic mass is 10.3. The molecule has 0 fully saturated rings. The summed E-state index contributed by atoms with van der Waals surface area (Å²) in [5.74, 6) is 0.620. The second-order valence-corrected chi connectivity index (χ2v) is 3.57. The third-order valence-electron chi connectivity index (χ3n) is 2.19.